The SMILES string of the molecule is Cc1cccc(OCC(=S)NCCN)c1C. The smallest absolute Gasteiger partial charge is 0.138 e. The van der Waals surface area contributed by atoms with E-state index in [2.05, 4.69) is 18.3 Å². The molecule has 88 valence electrons. The molecule has 4 heteroatoms. The van der Waals surface area contributed by atoms with Crippen molar-refractivity contribution in [1.29, 1.82) is 0 Å². The van der Waals surface area contributed by atoms with Gasteiger partial charge in [0.05, 0.1) is 0 Å². The van der Waals surface area contributed by atoms with Gasteiger partial charge in [0, 0.05) is 13.1 Å². The van der Waals surface area contributed by atoms with E-state index in [0.717, 1.165) is 11.3 Å². The van der Waals surface area contributed by atoms with Gasteiger partial charge in [0.15, 0.2) is 0 Å². The fourth-order valence-corrected chi connectivity index (χ4v) is 1.45. The van der Waals surface area contributed by atoms with E-state index >= 15 is 0 Å². The zero-order valence-corrected chi connectivity index (χ0v) is 10.6. The minimum atomic E-state index is 0.402. The van der Waals surface area contributed by atoms with Crippen LogP contribution in [0.3, 0.4) is 0 Å². The maximum atomic E-state index is 5.63. The standard InChI is InChI=1S/C12H18N2OS/c1-9-4-3-5-11(10(9)2)15-8-12(16)14-7-6-13/h3-5H,6-8,13H2,1-2H3,(H,14,16). The quantitative estimate of drug-likeness (QED) is 0.764. The lowest BCUT2D eigenvalue weighted by molar-refractivity contribution is 0.372. The number of hydrogen-bond acceptors (Lipinski definition) is 3. The maximum absolute atomic E-state index is 5.63. The number of benzene rings is 1. The lowest BCUT2D eigenvalue weighted by atomic mass is 10.1. The average Bonchev–Trinajstić information content (AvgIpc) is 2.28. The Labute approximate surface area is 102 Å². The average molecular weight is 238 g/mol. The van der Waals surface area contributed by atoms with Gasteiger partial charge in [-0.05, 0) is 31.0 Å². The number of thiocarbonyl (C=S) groups is 1. The van der Waals surface area contributed by atoms with Gasteiger partial charge in [0.1, 0.15) is 17.3 Å². The molecule has 0 bridgehead atoms. The maximum Gasteiger partial charge on any atom is 0.138 e. The summed E-state index contributed by atoms with van der Waals surface area (Å²) in [5.41, 5.74) is 7.74. The summed E-state index contributed by atoms with van der Waals surface area (Å²) in [7, 11) is 0. The summed E-state index contributed by atoms with van der Waals surface area (Å²) in [4.78, 5) is 0.686. The van der Waals surface area contributed by atoms with Gasteiger partial charge >= 0.3 is 0 Å². The third-order valence-electron chi connectivity index (χ3n) is 2.38. The zero-order chi connectivity index (χ0) is 12.0. The molecule has 0 spiro atoms. The van der Waals surface area contributed by atoms with Gasteiger partial charge in [-0.1, -0.05) is 24.4 Å². The molecule has 0 aromatic heterocycles. The Bertz CT molecular complexity index is 366. The van der Waals surface area contributed by atoms with Gasteiger partial charge in [0.25, 0.3) is 0 Å². The summed E-state index contributed by atoms with van der Waals surface area (Å²) in [5, 5.41) is 3.02. The Morgan fingerprint density at radius 1 is 1.44 bits per heavy atom. The minimum Gasteiger partial charge on any atom is -0.486 e. The minimum absolute atomic E-state index is 0.402. The first-order valence-corrected chi connectivity index (χ1v) is 5.71. The predicted octanol–water partition coefficient (Wildman–Crippen LogP) is 1.56. The van der Waals surface area contributed by atoms with Crippen molar-refractivity contribution in [3.8, 4) is 5.75 Å². The molecule has 0 saturated heterocycles. The van der Waals surface area contributed by atoms with Crippen LogP contribution in [0.2, 0.25) is 0 Å². The number of nitrogens with two attached hydrogens (primary N) is 1. The Kier molecular flexibility index (Phi) is 5.22. The molecule has 16 heavy (non-hydrogen) atoms. The molecule has 1 rings (SSSR count). The largest absolute Gasteiger partial charge is 0.486 e. The monoisotopic (exact) mass is 238 g/mol. The van der Waals surface area contributed by atoms with Crippen LogP contribution in [0.15, 0.2) is 18.2 Å². The van der Waals surface area contributed by atoms with Gasteiger partial charge in [-0.15, -0.1) is 0 Å². The van der Waals surface area contributed by atoms with Gasteiger partial charge in [-0.2, -0.15) is 0 Å². The third-order valence-corrected chi connectivity index (χ3v) is 2.64. The van der Waals surface area contributed by atoms with Crippen LogP contribution < -0.4 is 15.8 Å². The first kappa shape index (κ1) is 12.9. The number of ether oxygens (including phenoxy) is 1. The van der Waals surface area contributed by atoms with E-state index in [-0.39, 0.29) is 0 Å². The molecule has 1 aromatic rings. The number of nitrogens with one attached hydrogen (secondary N) is 1. The van der Waals surface area contributed by atoms with Crippen LogP contribution in [0.5, 0.6) is 5.75 Å². The molecule has 0 aliphatic carbocycles. The van der Waals surface area contributed by atoms with E-state index in [1.165, 1.54) is 5.56 Å². The molecule has 3 N–H and O–H groups in total. The van der Waals surface area contributed by atoms with Crippen LogP contribution in [0.1, 0.15) is 11.1 Å². The molecule has 0 unspecified atom stereocenters. The summed E-state index contributed by atoms with van der Waals surface area (Å²) in [6, 6.07) is 6.00. The second-order valence-electron chi connectivity index (χ2n) is 3.63. The molecule has 0 atom stereocenters. The van der Waals surface area contributed by atoms with Gasteiger partial charge in [0.2, 0.25) is 0 Å². The van der Waals surface area contributed by atoms with E-state index in [4.69, 9.17) is 22.7 Å². The Hall–Kier alpha value is -1.13. The molecular weight excluding hydrogens is 220 g/mol. The molecular formula is C12H18N2OS. The molecule has 0 aliphatic rings. The molecule has 1 aromatic carbocycles. The van der Waals surface area contributed by atoms with Crippen LogP contribution in [0.25, 0.3) is 0 Å². The summed E-state index contributed by atoms with van der Waals surface area (Å²) in [5.74, 6) is 0.886. The highest BCUT2D eigenvalue weighted by Crippen LogP contribution is 2.20. The topological polar surface area (TPSA) is 47.3 Å². The van der Waals surface area contributed by atoms with Crippen molar-refractivity contribution in [3.05, 3.63) is 29.3 Å². The van der Waals surface area contributed by atoms with Crippen LogP contribution in [0, 0.1) is 13.8 Å². The summed E-state index contributed by atoms with van der Waals surface area (Å²) >= 11 is 5.10. The van der Waals surface area contributed by atoms with E-state index < -0.39 is 0 Å². The lowest BCUT2D eigenvalue weighted by Gasteiger charge is -2.12. The van der Waals surface area contributed by atoms with Crippen molar-refractivity contribution >= 4 is 17.2 Å². The summed E-state index contributed by atoms with van der Waals surface area (Å²) in [6.45, 7) is 5.77. The fourth-order valence-electron chi connectivity index (χ4n) is 1.29. The highest BCUT2D eigenvalue weighted by atomic mass is 32.1. The second-order valence-corrected chi connectivity index (χ2v) is 4.12. The first-order chi connectivity index (χ1) is 7.65. The Balaban J connectivity index is 2.48. The van der Waals surface area contributed by atoms with Gasteiger partial charge < -0.3 is 15.8 Å². The second kappa shape index (κ2) is 6.45. The molecule has 0 radical (unpaired) electrons. The summed E-state index contributed by atoms with van der Waals surface area (Å²) in [6.07, 6.45) is 0. The normalized spacial score (nSPS) is 9.94. The van der Waals surface area contributed by atoms with Crippen LogP contribution in [-0.2, 0) is 0 Å². The Morgan fingerprint density at radius 3 is 2.88 bits per heavy atom. The van der Waals surface area contributed by atoms with Crippen molar-refractivity contribution in [2.45, 2.75) is 13.8 Å². The number of aryl methyl sites for hydroxylation is 1. The van der Waals surface area contributed by atoms with E-state index in [9.17, 15) is 0 Å². The van der Waals surface area contributed by atoms with E-state index in [1.807, 2.05) is 19.1 Å². The molecule has 0 saturated carbocycles. The van der Waals surface area contributed by atoms with Gasteiger partial charge in [-0.3, -0.25) is 0 Å². The first-order valence-electron chi connectivity index (χ1n) is 5.31. The number of rotatable bonds is 5. The fraction of sp³-hybridized carbons (Fsp3) is 0.417. The molecule has 0 aliphatic heterocycles. The van der Waals surface area contributed by atoms with Crippen molar-refractivity contribution < 1.29 is 4.74 Å². The van der Waals surface area contributed by atoms with Crippen molar-refractivity contribution in [3.63, 3.8) is 0 Å². The molecule has 0 heterocycles. The van der Waals surface area contributed by atoms with Crippen molar-refractivity contribution in [2.24, 2.45) is 5.73 Å². The van der Waals surface area contributed by atoms with Crippen LogP contribution in [-0.4, -0.2) is 24.7 Å². The summed E-state index contributed by atoms with van der Waals surface area (Å²) < 4.78 is 5.63. The zero-order valence-electron chi connectivity index (χ0n) is 9.75. The molecule has 3 nitrogen and oxygen atoms in total. The van der Waals surface area contributed by atoms with E-state index in [1.54, 1.807) is 0 Å². The number of hydrogen-bond donors (Lipinski definition) is 2. The lowest BCUT2D eigenvalue weighted by Crippen LogP contribution is -2.31. The van der Waals surface area contributed by atoms with Crippen LogP contribution >= 0.6 is 12.2 Å². The van der Waals surface area contributed by atoms with Crippen molar-refractivity contribution in [2.75, 3.05) is 19.7 Å². The third kappa shape index (κ3) is 3.79. The molecule has 0 amide bonds. The van der Waals surface area contributed by atoms with Crippen LogP contribution in [0.4, 0.5) is 0 Å². The predicted molar refractivity (Wildman–Crippen MR) is 71.1 cm³/mol. The highest BCUT2D eigenvalue weighted by molar-refractivity contribution is 7.80. The Morgan fingerprint density at radius 2 is 2.19 bits per heavy atom. The van der Waals surface area contributed by atoms with E-state index in [0.29, 0.717) is 24.7 Å². The van der Waals surface area contributed by atoms with Gasteiger partial charge in [-0.25, -0.2) is 0 Å². The highest BCUT2D eigenvalue weighted by Gasteiger charge is 2.02. The van der Waals surface area contributed by atoms with Crippen molar-refractivity contribution in [1.82, 2.24) is 5.32 Å². The molecule has 0 fully saturated rings.